The number of alkyl halides is 1. The number of ether oxygens (including phenoxy) is 3. The predicted octanol–water partition coefficient (Wildman–Crippen LogP) is 2.21. The lowest BCUT2D eigenvalue weighted by molar-refractivity contribution is -0.145. The van der Waals surface area contributed by atoms with E-state index in [0.29, 0.717) is 17.2 Å². The Morgan fingerprint density at radius 1 is 1.29 bits per heavy atom. The fourth-order valence-electron chi connectivity index (χ4n) is 4.45. The lowest BCUT2D eigenvalue weighted by atomic mass is 9.79. The maximum atomic E-state index is 12.9. The Hall–Kier alpha value is -1.76. The number of amides is 1. The minimum absolute atomic E-state index is 0.0544. The zero-order valence-electron chi connectivity index (χ0n) is 13.3. The van der Waals surface area contributed by atoms with Gasteiger partial charge in [-0.3, -0.25) is 9.59 Å². The molecule has 2 bridgehead atoms. The lowest BCUT2D eigenvalue weighted by Gasteiger charge is -2.27. The average molecular weight is 396 g/mol. The highest BCUT2D eigenvalue weighted by Crippen LogP contribution is 2.60. The van der Waals surface area contributed by atoms with E-state index in [4.69, 9.17) is 14.2 Å². The van der Waals surface area contributed by atoms with Crippen molar-refractivity contribution in [3.63, 3.8) is 0 Å². The summed E-state index contributed by atoms with van der Waals surface area (Å²) in [5.41, 5.74) is 0.570. The average Bonchev–Trinajstić information content (AvgIpc) is 3.19. The first-order valence-corrected chi connectivity index (χ1v) is 8.84. The largest absolute Gasteiger partial charge is 0.497 e. The molecule has 1 heterocycles. The van der Waals surface area contributed by atoms with E-state index in [1.807, 2.05) is 0 Å². The molecule has 3 fully saturated rings. The Balaban J connectivity index is 1.58. The molecule has 7 heteroatoms. The van der Waals surface area contributed by atoms with Gasteiger partial charge in [-0.05, 0) is 24.5 Å². The van der Waals surface area contributed by atoms with Gasteiger partial charge in [0.15, 0.2) is 0 Å². The van der Waals surface area contributed by atoms with Crippen LogP contribution < -0.4 is 14.8 Å². The molecule has 0 radical (unpaired) electrons. The minimum Gasteiger partial charge on any atom is -0.497 e. The molecule has 0 spiro atoms. The van der Waals surface area contributed by atoms with Crippen molar-refractivity contribution < 1.29 is 23.8 Å². The third-order valence-corrected chi connectivity index (χ3v) is 6.69. The highest BCUT2D eigenvalue weighted by Gasteiger charge is 2.67. The molecular formula is C17H18BrNO5. The molecule has 2 saturated carbocycles. The van der Waals surface area contributed by atoms with Crippen LogP contribution in [0.2, 0.25) is 0 Å². The number of halogens is 1. The van der Waals surface area contributed by atoms with Crippen molar-refractivity contribution in [3.05, 3.63) is 18.2 Å². The van der Waals surface area contributed by atoms with Crippen molar-refractivity contribution in [2.24, 2.45) is 23.7 Å². The van der Waals surface area contributed by atoms with Crippen LogP contribution in [-0.2, 0) is 14.3 Å². The van der Waals surface area contributed by atoms with Gasteiger partial charge in [0.2, 0.25) is 5.91 Å². The number of carbonyl (C=O) groups is 2. The van der Waals surface area contributed by atoms with Gasteiger partial charge in [0.25, 0.3) is 0 Å². The smallest absolute Gasteiger partial charge is 0.310 e. The Labute approximate surface area is 148 Å². The van der Waals surface area contributed by atoms with Crippen molar-refractivity contribution in [1.29, 1.82) is 0 Å². The molecule has 24 heavy (non-hydrogen) atoms. The Kier molecular flexibility index (Phi) is 3.71. The van der Waals surface area contributed by atoms with Crippen LogP contribution in [0.1, 0.15) is 6.42 Å². The summed E-state index contributed by atoms with van der Waals surface area (Å²) in [7, 11) is 3.11. The molecule has 0 aromatic heterocycles. The molecule has 3 aliphatic rings. The van der Waals surface area contributed by atoms with Gasteiger partial charge in [0.05, 0.1) is 36.6 Å². The van der Waals surface area contributed by atoms with E-state index in [1.54, 1.807) is 25.3 Å². The number of hydrogen-bond donors (Lipinski definition) is 1. The minimum atomic E-state index is -0.363. The SMILES string of the molecule is COc1ccc(NC(=O)[C@@H]2[C@H]3C[C@H]4[C@H](OC(=O)[C@H]42)[C@@H]3Br)c(OC)c1. The number of methoxy groups -OCH3 is 2. The van der Waals surface area contributed by atoms with E-state index in [2.05, 4.69) is 21.2 Å². The number of carbonyl (C=O) groups excluding carboxylic acids is 2. The summed E-state index contributed by atoms with van der Waals surface area (Å²) in [5.74, 6) is 0.367. The first-order valence-electron chi connectivity index (χ1n) is 7.92. The second kappa shape index (κ2) is 5.65. The molecular weight excluding hydrogens is 378 g/mol. The monoisotopic (exact) mass is 395 g/mol. The van der Waals surface area contributed by atoms with E-state index in [-0.39, 0.29) is 46.5 Å². The Bertz CT molecular complexity index is 708. The summed E-state index contributed by atoms with van der Waals surface area (Å²) in [6.07, 6.45) is 0.779. The maximum Gasteiger partial charge on any atom is 0.310 e. The van der Waals surface area contributed by atoms with Crippen molar-refractivity contribution >= 4 is 33.5 Å². The summed E-state index contributed by atoms with van der Waals surface area (Å²) >= 11 is 3.62. The van der Waals surface area contributed by atoms with Gasteiger partial charge in [-0.25, -0.2) is 0 Å². The zero-order valence-corrected chi connectivity index (χ0v) is 14.9. The quantitative estimate of drug-likeness (QED) is 0.624. The van der Waals surface area contributed by atoms with Crippen LogP contribution in [0.15, 0.2) is 18.2 Å². The van der Waals surface area contributed by atoms with Crippen LogP contribution in [0.4, 0.5) is 5.69 Å². The predicted molar refractivity (Wildman–Crippen MR) is 89.3 cm³/mol. The highest BCUT2D eigenvalue weighted by molar-refractivity contribution is 9.09. The molecule has 1 aromatic rings. The number of nitrogens with one attached hydrogen (secondary N) is 1. The summed E-state index contributed by atoms with van der Waals surface area (Å²) in [4.78, 5) is 25.1. The summed E-state index contributed by atoms with van der Waals surface area (Å²) < 4.78 is 15.9. The van der Waals surface area contributed by atoms with E-state index in [1.165, 1.54) is 7.11 Å². The summed E-state index contributed by atoms with van der Waals surface area (Å²) in [5, 5.41) is 2.92. The number of hydrogen-bond acceptors (Lipinski definition) is 5. The first-order chi connectivity index (χ1) is 11.5. The molecule has 4 rings (SSSR count). The van der Waals surface area contributed by atoms with Crippen LogP contribution in [0.5, 0.6) is 11.5 Å². The second-order valence-electron chi connectivity index (χ2n) is 6.52. The lowest BCUT2D eigenvalue weighted by Crippen LogP contribution is -2.40. The number of anilines is 1. The van der Waals surface area contributed by atoms with Gasteiger partial charge in [-0.1, -0.05) is 15.9 Å². The molecule has 1 aromatic carbocycles. The summed E-state index contributed by atoms with van der Waals surface area (Å²) in [6.45, 7) is 0. The normalized spacial score (nSPS) is 35.7. The van der Waals surface area contributed by atoms with E-state index >= 15 is 0 Å². The van der Waals surface area contributed by atoms with Crippen molar-refractivity contribution in [2.45, 2.75) is 17.4 Å². The molecule has 128 valence electrons. The van der Waals surface area contributed by atoms with Gasteiger partial charge in [0, 0.05) is 12.0 Å². The highest BCUT2D eigenvalue weighted by atomic mass is 79.9. The summed E-state index contributed by atoms with van der Waals surface area (Å²) in [6, 6.07) is 5.21. The molecule has 6 atom stereocenters. The van der Waals surface area contributed by atoms with Gasteiger partial charge in [-0.2, -0.15) is 0 Å². The van der Waals surface area contributed by atoms with Crippen LogP contribution >= 0.6 is 15.9 Å². The van der Waals surface area contributed by atoms with Crippen LogP contribution in [0.25, 0.3) is 0 Å². The Morgan fingerprint density at radius 3 is 2.79 bits per heavy atom. The van der Waals surface area contributed by atoms with Gasteiger partial charge in [-0.15, -0.1) is 0 Å². The van der Waals surface area contributed by atoms with Crippen LogP contribution in [-0.4, -0.2) is 37.0 Å². The molecule has 1 amide bonds. The van der Waals surface area contributed by atoms with E-state index < -0.39 is 0 Å². The molecule has 6 nitrogen and oxygen atoms in total. The van der Waals surface area contributed by atoms with Gasteiger partial charge >= 0.3 is 5.97 Å². The van der Waals surface area contributed by atoms with Crippen molar-refractivity contribution in [1.82, 2.24) is 0 Å². The molecule has 1 saturated heterocycles. The zero-order chi connectivity index (χ0) is 17.0. The molecule has 1 aliphatic heterocycles. The third kappa shape index (κ3) is 2.13. The van der Waals surface area contributed by atoms with Crippen molar-refractivity contribution in [2.75, 3.05) is 19.5 Å². The molecule has 0 unspecified atom stereocenters. The fourth-order valence-corrected chi connectivity index (χ4v) is 5.49. The molecule has 2 aliphatic carbocycles. The topological polar surface area (TPSA) is 73.9 Å². The van der Waals surface area contributed by atoms with Gasteiger partial charge in [0.1, 0.15) is 17.6 Å². The standard InChI is InChI=1S/C17H18BrNO5/c1-22-7-3-4-10(11(5-7)23-2)19-16(20)12-8-6-9-13(12)17(21)24-15(9)14(8)18/h3-5,8-9,12-15H,6H2,1-2H3,(H,19,20)/t8-,9-,12-,13-,14-,15+/m1/s1. The first kappa shape index (κ1) is 15.7. The van der Waals surface area contributed by atoms with Gasteiger partial charge < -0.3 is 19.5 Å². The van der Waals surface area contributed by atoms with Crippen molar-refractivity contribution in [3.8, 4) is 11.5 Å². The number of rotatable bonds is 4. The number of esters is 1. The second-order valence-corrected chi connectivity index (χ2v) is 7.57. The number of benzene rings is 1. The number of fused-ring (bicyclic) bond motifs is 1. The van der Waals surface area contributed by atoms with E-state index in [9.17, 15) is 9.59 Å². The molecule has 1 N–H and O–H groups in total. The third-order valence-electron chi connectivity index (χ3n) is 5.49. The van der Waals surface area contributed by atoms with Crippen LogP contribution in [0, 0.1) is 23.7 Å². The Morgan fingerprint density at radius 2 is 2.08 bits per heavy atom. The fraction of sp³-hybridized carbons (Fsp3) is 0.529. The maximum absolute atomic E-state index is 12.9. The van der Waals surface area contributed by atoms with Crippen LogP contribution in [0.3, 0.4) is 0 Å². The van der Waals surface area contributed by atoms with E-state index in [0.717, 1.165) is 6.42 Å².